The Kier molecular flexibility index (Phi) is 5.88. The highest BCUT2D eigenvalue weighted by molar-refractivity contribution is 5.74. The molecule has 0 aliphatic carbocycles. The minimum atomic E-state index is 0.192. The number of hydrogen-bond acceptors (Lipinski definition) is 2. The van der Waals surface area contributed by atoms with E-state index < -0.39 is 0 Å². The van der Waals surface area contributed by atoms with Gasteiger partial charge in [-0.1, -0.05) is 51.0 Å². The fraction of sp³-hybridized carbons (Fsp3) is 0.400. The Morgan fingerprint density at radius 3 is 2.32 bits per heavy atom. The number of unbranched alkanes of at least 4 members (excludes halogenated alkanes) is 2. The van der Waals surface area contributed by atoms with E-state index in [9.17, 15) is 10.2 Å². The van der Waals surface area contributed by atoms with E-state index in [1.807, 2.05) is 12.1 Å². The Bertz CT molecular complexity index is 617. The zero-order chi connectivity index (χ0) is 15.9. The maximum absolute atomic E-state index is 10.6. The molecule has 2 aromatic carbocycles. The predicted octanol–water partition coefficient (Wildman–Crippen LogP) is 5.45. The van der Waals surface area contributed by atoms with Crippen LogP contribution in [-0.4, -0.2) is 10.2 Å². The number of hydrogen-bond donors (Lipinski definition) is 2. The molecule has 0 aliphatic rings. The normalized spacial score (nSPS) is 10.8. The molecule has 0 radical (unpaired) electrons. The van der Waals surface area contributed by atoms with E-state index in [-0.39, 0.29) is 11.5 Å². The van der Waals surface area contributed by atoms with Crippen molar-refractivity contribution >= 4 is 0 Å². The predicted molar refractivity (Wildman–Crippen MR) is 92.4 cm³/mol. The average molecular weight is 298 g/mol. The van der Waals surface area contributed by atoms with Crippen LogP contribution >= 0.6 is 0 Å². The summed E-state index contributed by atoms with van der Waals surface area (Å²) in [5.41, 5.74) is 3.78. The molecule has 0 spiro atoms. The second-order valence-corrected chi connectivity index (χ2v) is 5.87. The molecule has 0 saturated carbocycles. The highest BCUT2D eigenvalue weighted by Crippen LogP contribution is 2.38. The lowest BCUT2D eigenvalue weighted by molar-refractivity contribution is 0.438. The zero-order valence-corrected chi connectivity index (χ0v) is 13.6. The minimum Gasteiger partial charge on any atom is -0.508 e. The fourth-order valence-corrected chi connectivity index (χ4v) is 2.73. The molecule has 2 N–H and O–H groups in total. The molecule has 0 amide bonds. The van der Waals surface area contributed by atoms with Gasteiger partial charge in [-0.15, -0.1) is 0 Å². The number of benzene rings is 2. The van der Waals surface area contributed by atoms with Gasteiger partial charge >= 0.3 is 0 Å². The number of aryl methyl sites for hydroxylation is 1. The molecule has 0 atom stereocenters. The Morgan fingerprint density at radius 2 is 1.59 bits per heavy atom. The molecule has 2 heteroatoms. The molecule has 2 nitrogen and oxygen atoms in total. The Morgan fingerprint density at radius 1 is 0.864 bits per heavy atom. The lowest BCUT2D eigenvalue weighted by Gasteiger charge is -2.13. The molecule has 0 aliphatic heterocycles. The topological polar surface area (TPSA) is 40.5 Å². The van der Waals surface area contributed by atoms with Gasteiger partial charge in [-0.2, -0.15) is 0 Å². The molecule has 118 valence electrons. The first-order valence-corrected chi connectivity index (χ1v) is 8.30. The number of rotatable bonds is 7. The molecule has 0 saturated heterocycles. The highest BCUT2D eigenvalue weighted by Gasteiger charge is 2.13. The lowest BCUT2D eigenvalue weighted by atomic mass is 9.96. The SMILES string of the molecule is CCCCc1cccc(-c2ccc(O)c(CCCC)c2O)c1. The van der Waals surface area contributed by atoms with E-state index in [0.29, 0.717) is 12.0 Å². The smallest absolute Gasteiger partial charge is 0.130 e. The van der Waals surface area contributed by atoms with Gasteiger partial charge in [-0.3, -0.25) is 0 Å². The van der Waals surface area contributed by atoms with Gasteiger partial charge in [0.25, 0.3) is 0 Å². The van der Waals surface area contributed by atoms with Gasteiger partial charge in [0.15, 0.2) is 0 Å². The van der Waals surface area contributed by atoms with Crippen LogP contribution in [0.5, 0.6) is 11.5 Å². The van der Waals surface area contributed by atoms with E-state index in [1.165, 1.54) is 18.4 Å². The molecule has 0 heterocycles. The van der Waals surface area contributed by atoms with Crippen LogP contribution in [-0.2, 0) is 12.8 Å². The summed E-state index contributed by atoms with van der Waals surface area (Å²) in [5, 5.41) is 20.6. The van der Waals surface area contributed by atoms with E-state index in [4.69, 9.17) is 0 Å². The summed E-state index contributed by atoms with van der Waals surface area (Å²) in [6.45, 7) is 4.30. The van der Waals surface area contributed by atoms with Crippen LogP contribution in [0.2, 0.25) is 0 Å². The van der Waals surface area contributed by atoms with Gasteiger partial charge in [0.1, 0.15) is 11.5 Å². The summed E-state index contributed by atoms with van der Waals surface area (Å²) in [7, 11) is 0. The van der Waals surface area contributed by atoms with Gasteiger partial charge in [0.05, 0.1) is 0 Å². The molecular formula is C20H26O2. The summed E-state index contributed by atoms with van der Waals surface area (Å²) in [6, 6.07) is 11.8. The largest absolute Gasteiger partial charge is 0.508 e. The van der Waals surface area contributed by atoms with Crippen molar-refractivity contribution in [1.29, 1.82) is 0 Å². The first kappa shape index (κ1) is 16.4. The molecule has 2 rings (SSSR count). The van der Waals surface area contributed by atoms with Gasteiger partial charge in [0.2, 0.25) is 0 Å². The van der Waals surface area contributed by atoms with Crippen LogP contribution < -0.4 is 0 Å². The Balaban J connectivity index is 2.36. The van der Waals surface area contributed by atoms with Gasteiger partial charge in [0, 0.05) is 11.1 Å². The van der Waals surface area contributed by atoms with Gasteiger partial charge < -0.3 is 10.2 Å². The third kappa shape index (κ3) is 3.82. The first-order valence-electron chi connectivity index (χ1n) is 8.30. The highest BCUT2D eigenvalue weighted by atomic mass is 16.3. The van der Waals surface area contributed by atoms with Crippen LogP contribution in [0.15, 0.2) is 36.4 Å². The molecule has 0 bridgehead atoms. The zero-order valence-electron chi connectivity index (χ0n) is 13.6. The quantitative estimate of drug-likeness (QED) is 0.713. The van der Waals surface area contributed by atoms with Crippen molar-refractivity contribution in [3.05, 3.63) is 47.5 Å². The molecule has 22 heavy (non-hydrogen) atoms. The number of phenolic OH excluding ortho intramolecular Hbond substituents is 2. The Hall–Kier alpha value is -1.96. The van der Waals surface area contributed by atoms with Crippen molar-refractivity contribution in [2.75, 3.05) is 0 Å². The molecular weight excluding hydrogens is 272 g/mol. The van der Waals surface area contributed by atoms with Crippen molar-refractivity contribution < 1.29 is 10.2 Å². The van der Waals surface area contributed by atoms with Gasteiger partial charge in [-0.05, 0) is 48.9 Å². The standard InChI is InChI=1S/C20H26O2/c1-3-5-8-15-9-7-10-16(14-15)17-12-13-19(21)18(20(17)22)11-6-4-2/h7,9-10,12-14,21-22H,3-6,8,11H2,1-2H3. The number of aromatic hydroxyl groups is 2. The fourth-order valence-electron chi connectivity index (χ4n) is 2.73. The first-order chi connectivity index (χ1) is 10.7. The second-order valence-electron chi connectivity index (χ2n) is 5.87. The molecule has 0 fully saturated rings. The second kappa shape index (κ2) is 7.88. The third-order valence-electron chi connectivity index (χ3n) is 4.10. The van der Waals surface area contributed by atoms with Gasteiger partial charge in [-0.25, -0.2) is 0 Å². The van der Waals surface area contributed by atoms with Crippen molar-refractivity contribution in [3.63, 3.8) is 0 Å². The molecule has 0 unspecified atom stereocenters. The van der Waals surface area contributed by atoms with Crippen LogP contribution in [0.4, 0.5) is 0 Å². The van der Waals surface area contributed by atoms with Crippen LogP contribution in [0.1, 0.15) is 50.7 Å². The summed E-state index contributed by atoms with van der Waals surface area (Å²) in [6.07, 6.45) is 6.11. The summed E-state index contributed by atoms with van der Waals surface area (Å²) in [4.78, 5) is 0. The molecule has 0 aromatic heterocycles. The van der Waals surface area contributed by atoms with E-state index >= 15 is 0 Å². The third-order valence-corrected chi connectivity index (χ3v) is 4.10. The maximum atomic E-state index is 10.6. The van der Waals surface area contributed by atoms with E-state index in [2.05, 4.69) is 26.0 Å². The summed E-state index contributed by atoms with van der Waals surface area (Å²) < 4.78 is 0. The van der Waals surface area contributed by atoms with Crippen molar-refractivity contribution in [2.24, 2.45) is 0 Å². The van der Waals surface area contributed by atoms with Crippen molar-refractivity contribution in [2.45, 2.75) is 52.4 Å². The average Bonchev–Trinajstić information content (AvgIpc) is 2.53. The van der Waals surface area contributed by atoms with Crippen LogP contribution in [0.3, 0.4) is 0 Å². The van der Waals surface area contributed by atoms with Crippen LogP contribution in [0, 0.1) is 0 Å². The lowest BCUT2D eigenvalue weighted by Crippen LogP contribution is -1.91. The molecule has 2 aromatic rings. The maximum Gasteiger partial charge on any atom is 0.130 e. The van der Waals surface area contributed by atoms with Crippen molar-refractivity contribution in [3.8, 4) is 22.6 Å². The minimum absolute atomic E-state index is 0.192. The summed E-state index contributed by atoms with van der Waals surface area (Å²) >= 11 is 0. The monoisotopic (exact) mass is 298 g/mol. The van der Waals surface area contributed by atoms with E-state index in [0.717, 1.165) is 30.4 Å². The Labute approximate surface area is 133 Å². The van der Waals surface area contributed by atoms with Crippen LogP contribution in [0.25, 0.3) is 11.1 Å². The summed E-state index contributed by atoms with van der Waals surface area (Å²) in [5.74, 6) is 0.415. The van der Waals surface area contributed by atoms with E-state index in [1.54, 1.807) is 12.1 Å². The van der Waals surface area contributed by atoms with Crippen molar-refractivity contribution in [1.82, 2.24) is 0 Å². The number of phenols is 2.